The van der Waals surface area contributed by atoms with Gasteiger partial charge in [0.25, 0.3) is 0 Å². The molecule has 1 heterocycles. The Morgan fingerprint density at radius 1 is 1.54 bits per heavy atom. The molecule has 1 aliphatic heterocycles. The van der Waals surface area contributed by atoms with E-state index in [-0.39, 0.29) is 6.79 Å². The largest absolute Gasteiger partial charge is 0.467 e. The fourth-order valence-corrected chi connectivity index (χ4v) is 1.85. The van der Waals surface area contributed by atoms with E-state index in [1.807, 2.05) is 18.2 Å². The Hall–Kier alpha value is -0.870. The number of rotatable bonds is 1. The van der Waals surface area contributed by atoms with Crippen LogP contribution in [-0.4, -0.2) is 13.1 Å². The van der Waals surface area contributed by atoms with Gasteiger partial charge in [0.2, 0.25) is 0 Å². The highest BCUT2D eigenvalue weighted by atomic mass is 79.9. The van der Waals surface area contributed by atoms with E-state index in [0.717, 1.165) is 16.3 Å². The van der Waals surface area contributed by atoms with Crippen molar-refractivity contribution in [3.05, 3.63) is 28.2 Å². The number of fused-ring (bicyclic) bond motifs is 1. The molecule has 2 rings (SSSR count). The highest BCUT2D eigenvalue weighted by molar-refractivity contribution is 9.10. The van der Waals surface area contributed by atoms with Crippen LogP contribution in [0.3, 0.4) is 0 Å². The zero-order valence-electron chi connectivity index (χ0n) is 6.70. The lowest BCUT2D eigenvalue weighted by Crippen LogP contribution is -2.18. The van der Waals surface area contributed by atoms with Gasteiger partial charge in [0.1, 0.15) is 11.9 Å². The molecule has 0 aliphatic carbocycles. The van der Waals surface area contributed by atoms with Gasteiger partial charge in [0.15, 0.2) is 13.1 Å². The number of benzene rings is 1. The molecule has 0 amide bonds. The van der Waals surface area contributed by atoms with Crippen LogP contribution in [0.15, 0.2) is 22.7 Å². The third kappa shape index (κ3) is 1.47. The molecule has 3 nitrogen and oxygen atoms in total. The monoisotopic (exact) mass is 242 g/mol. The van der Waals surface area contributed by atoms with Gasteiger partial charge in [-0.2, -0.15) is 0 Å². The Labute approximate surface area is 83.8 Å². The summed E-state index contributed by atoms with van der Waals surface area (Å²) < 4.78 is 11.2. The minimum absolute atomic E-state index is 0.132. The predicted octanol–water partition coefficient (Wildman–Crippen LogP) is 2.06. The quantitative estimate of drug-likeness (QED) is 0.708. The fourth-order valence-electron chi connectivity index (χ4n) is 1.28. The van der Waals surface area contributed by atoms with E-state index < -0.39 is 6.10 Å². The minimum Gasteiger partial charge on any atom is -0.467 e. The number of hydrogen-bond donors (Lipinski definition) is 0. The van der Waals surface area contributed by atoms with Crippen molar-refractivity contribution in [3.8, 4) is 5.75 Å². The molecular formula is C9H7BrO3. The third-order valence-electron chi connectivity index (χ3n) is 1.88. The van der Waals surface area contributed by atoms with Gasteiger partial charge in [-0.1, -0.05) is 22.0 Å². The molecule has 0 saturated heterocycles. The maximum absolute atomic E-state index is 10.7. The van der Waals surface area contributed by atoms with Crippen molar-refractivity contribution in [3.63, 3.8) is 0 Å². The van der Waals surface area contributed by atoms with Gasteiger partial charge in [-0.3, -0.25) is 0 Å². The zero-order chi connectivity index (χ0) is 9.26. The molecule has 0 radical (unpaired) electrons. The molecule has 13 heavy (non-hydrogen) atoms. The second-order valence-electron chi connectivity index (χ2n) is 2.64. The Balaban J connectivity index is 2.53. The Morgan fingerprint density at radius 2 is 2.38 bits per heavy atom. The first-order valence-corrected chi connectivity index (χ1v) is 4.60. The average molecular weight is 243 g/mol. The van der Waals surface area contributed by atoms with Gasteiger partial charge in [-0.15, -0.1) is 0 Å². The van der Waals surface area contributed by atoms with Crippen molar-refractivity contribution < 1.29 is 14.3 Å². The minimum atomic E-state index is -0.515. The third-order valence-corrected chi connectivity index (χ3v) is 2.57. The van der Waals surface area contributed by atoms with Crippen LogP contribution in [0.1, 0.15) is 11.7 Å². The first-order chi connectivity index (χ1) is 6.33. The Kier molecular flexibility index (Phi) is 2.33. The SMILES string of the molecule is O=CC1OCOc2cccc(Br)c21. The van der Waals surface area contributed by atoms with Crippen molar-refractivity contribution in [2.75, 3.05) is 6.79 Å². The van der Waals surface area contributed by atoms with Crippen LogP contribution in [0.2, 0.25) is 0 Å². The molecule has 1 unspecified atom stereocenters. The second kappa shape index (κ2) is 3.47. The predicted molar refractivity (Wildman–Crippen MR) is 49.5 cm³/mol. The maximum Gasteiger partial charge on any atom is 0.190 e. The molecular weight excluding hydrogens is 236 g/mol. The van der Waals surface area contributed by atoms with E-state index in [4.69, 9.17) is 9.47 Å². The number of carbonyl (C=O) groups excluding carboxylic acids is 1. The molecule has 0 spiro atoms. The standard InChI is InChI=1S/C9H7BrO3/c10-6-2-1-3-7-9(6)8(4-11)13-5-12-7/h1-4,8H,5H2. The maximum atomic E-state index is 10.7. The summed E-state index contributed by atoms with van der Waals surface area (Å²) in [5.74, 6) is 0.706. The van der Waals surface area contributed by atoms with Gasteiger partial charge < -0.3 is 14.3 Å². The van der Waals surface area contributed by atoms with Gasteiger partial charge in [-0.05, 0) is 12.1 Å². The molecule has 1 aliphatic rings. The molecule has 4 heteroatoms. The van der Waals surface area contributed by atoms with Gasteiger partial charge in [0.05, 0.1) is 0 Å². The van der Waals surface area contributed by atoms with E-state index in [1.165, 1.54) is 0 Å². The van der Waals surface area contributed by atoms with Crippen molar-refractivity contribution in [2.24, 2.45) is 0 Å². The lowest BCUT2D eigenvalue weighted by atomic mass is 10.1. The molecule has 0 N–H and O–H groups in total. The lowest BCUT2D eigenvalue weighted by molar-refractivity contribution is -0.127. The summed E-state index contributed by atoms with van der Waals surface area (Å²) in [6.07, 6.45) is 0.255. The number of hydrogen-bond acceptors (Lipinski definition) is 3. The van der Waals surface area contributed by atoms with Crippen molar-refractivity contribution in [2.45, 2.75) is 6.10 Å². The fraction of sp³-hybridized carbons (Fsp3) is 0.222. The number of halogens is 1. The molecule has 0 aromatic heterocycles. The topological polar surface area (TPSA) is 35.5 Å². The highest BCUT2D eigenvalue weighted by Crippen LogP contribution is 2.36. The first-order valence-electron chi connectivity index (χ1n) is 3.81. The van der Waals surface area contributed by atoms with E-state index in [2.05, 4.69) is 15.9 Å². The summed E-state index contributed by atoms with van der Waals surface area (Å²) in [5, 5.41) is 0. The van der Waals surface area contributed by atoms with Gasteiger partial charge >= 0.3 is 0 Å². The summed E-state index contributed by atoms with van der Waals surface area (Å²) >= 11 is 3.34. The Morgan fingerprint density at radius 3 is 3.15 bits per heavy atom. The second-order valence-corrected chi connectivity index (χ2v) is 3.49. The average Bonchev–Trinajstić information content (AvgIpc) is 2.17. The highest BCUT2D eigenvalue weighted by Gasteiger charge is 2.23. The summed E-state index contributed by atoms with van der Waals surface area (Å²) in [4.78, 5) is 10.7. The number of aldehydes is 1. The van der Waals surface area contributed by atoms with Crippen LogP contribution >= 0.6 is 15.9 Å². The van der Waals surface area contributed by atoms with E-state index in [1.54, 1.807) is 0 Å². The van der Waals surface area contributed by atoms with Crippen LogP contribution in [0.25, 0.3) is 0 Å². The van der Waals surface area contributed by atoms with Crippen LogP contribution < -0.4 is 4.74 Å². The molecule has 68 valence electrons. The smallest absolute Gasteiger partial charge is 0.190 e. The summed E-state index contributed by atoms with van der Waals surface area (Å²) in [7, 11) is 0. The molecule has 1 aromatic rings. The van der Waals surface area contributed by atoms with E-state index >= 15 is 0 Å². The molecule has 0 saturated carbocycles. The van der Waals surface area contributed by atoms with Crippen LogP contribution in [0.5, 0.6) is 5.75 Å². The Bertz CT molecular complexity index is 338. The van der Waals surface area contributed by atoms with Crippen LogP contribution in [-0.2, 0) is 9.53 Å². The molecule has 1 aromatic carbocycles. The molecule has 0 bridgehead atoms. The number of ether oxygens (including phenoxy) is 2. The summed E-state index contributed by atoms with van der Waals surface area (Å²) in [5.41, 5.74) is 0.767. The zero-order valence-corrected chi connectivity index (χ0v) is 8.28. The van der Waals surface area contributed by atoms with Crippen molar-refractivity contribution in [1.82, 2.24) is 0 Å². The van der Waals surface area contributed by atoms with Gasteiger partial charge in [-0.25, -0.2) is 0 Å². The summed E-state index contributed by atoms with van der Waals surface area (Å²) in [6, 6.07) is 5.53. The van der Waals surface area contributed by atoms with Crippen molar-refractivity contribution >= 4 is 22.2 Å². The normalized spacial score (nSPS) is 20.2. The summed E-state index contributed by atoms with van der Waals surface area (Å²) in [6.45, 7) is 0.132. The van der Waals surface area contributed by atoms with Crippen LogP contribution in [0, 0.1) is 0 Å². The molecule has 1 atom stereocenters. The van der Waals surface area contributed by atoms with Crippen LogP contribution in [0.4, 0.5) is 0 Å². The van der Waals surface area contributed by atoms with E-state index in [0.29, 0.717) is 5.75 Å². The molecule has 0 fully saturated rings. The lowest BCUT2D eigenvalue weighted by Gasteiger charge is -2.23. The van der Waals surface area contributed by atoms with E-state index in [9.17, 15) is 4.79 Å². The first kappa shape index (κ1) is 8.72. The van der Waals surface area contributed by atoms with Gasteiger partial charge in [0, 0.05) is 10.0 Å². The van der Waals surface area contributed by atoms with Crippen molar-refractivity contribution in [1.29, 1.82) is 0 Å². The number of carbonyl (C=O) groups is 1.